The van der Waals surface area contributed by atoms with Crippen LogP contribution < -0.4 is 37.2 Å². The molecule has 0 saturated carbocycles. The minimum absolute atomic E-state index is 0. The van der Waals surface area contributed by atoms with E-state index >= 15 is 0 Å². The third-order valence-corrected chi connectivity index (χ3v) is 0. The summed E-state index contributed by atoms with van der Waals surface area (Å²) in [7, 11) is -0.611. The van der Waals surface area contributed by atoms with Crippen LogP contribution in [0.2, 0.25) is 0 Å². The van der Waals surface area contributed by atoms with Gasteiger partial charge in [0.2, 0.25) is 0 Å². The maximum Gasteiger partial charge on any atom is 3.00 e. The first-order chi connectivity index (χ1) is 1.73. The van der Waals surface area contributed by atoms with Gasteiger partial charge in [0.05, 0.1) is 0 Å². The first-order valence-electron chi connectivity index (χ1n) is 0.983. The molecule has 0 rings (SSSR count). The van der Waals surface area contributed by atoms with Gasteiger partial charge in [-0.25, -0.2) is 0 Å². The van der Waals surface area contributed by atoms with E-state index in [1.165, 1.54) is 0 Å². The summed E-state index contributed by atoms with van der Waals surface area (Å²) >= 11 is 0. The van der Waals surface area contributed by atoms with Gasteiger partial charge in [-0.2, -0.15) is 0 Å². The van der Waals surface area contributed by atoms with E-state index in [0.717, 1.165) is 0 Å². The molecule has 8 heavy (non-hydrogen) atoms. The molecule has 0 atom stereocenters. The standard InChI is InChI=1S/C2H6OS.3ClH.Tb/c1-4(2)3;;;;/h1-2H3;3*1H;/q;;;;+3/p-3. The minimum Gasteiger partial charge on any atom is -1.00 e. The average molecular weight is 343 g/mol. The van der Waals surface area contributed by atoms with Crippen molar-refractivity contribution in [2.24, 2.45) is 0 Å². The zero-order valence-electron chi connectivity index (χ0n) is 4.28. The average Bonchev–Trinajstić information content (AvgIpc) is 0.811. The van der Waals surface area contributed by atoms with Crippen molar-refractivity contribution >= 4 is 10.8 Å². The van der Waals surface area contributed by atoms with Crippen LogP contribution in [0.25, 0.3) is 0 Å². The molecule has 0 aliphatic rings. The van der Waals surface area contributed by atoms with E-state index in [9.17, 15) is 4.21 Å². The van der Waals surface area contributed by atoms with Gasteiger partial charge >= 0.3 is 38.6 Å². The molecule has 0 aromatic rings. The zero-order valence-corrected chi connectivity index (χ0v) is 9.51. The Morgan fingerprint density at radius 2 is 1.00 bits per heavy atom. The van der Waals surface area contributed by atoms with Gasteiger partial charge in [-0.15, -0.1) is 0 Å². The van der Waals surface area contributed by atoms with E-state index in [4.69, 9.17) is 0 Å². The molecule has 0 amide bonds. The fourth-order valence-electron chi connectivity index (χ4n) is 0. The van der Waals surface area contributed by atoms with Crippen molar-refractivity contribution in [1.29, 1.82) is 0 Å². The molecular weight excluding hydrogens is 337 g/mol. The number of hydrogen-bond donors (Lipinski definition) is 0. The Labute approximate surface area is 102 Å². The summed E-state index contributed by atoms with van der Waals surface area (Å²) in [6, 6.07) is 0. The quantitative estimate of drug-likeness (QED) is 0.427. The maximum atomic E-state index is 9.56. The summed E-state index contributed by atoms with van der Waals surface area (Å²) in [6.07, 6.45) is 3.28. The fraction of sp³-hybridized carbons (Fsp3) is 1.00. The second kappa shape index (κ2) is 22.8. The molecule has 6 heteroatoms. The van der Waals surface area contributed by atoms with E-state index in [1.54, 1.807) is 12.5 Å². The van der Waals surface area contributed by atoms with E-state index < -0.39 is 10.8 Å². The summed E-state index contributed by atoms with van der Waals surface area (Å²) in [6.45, 7) is 0. The van der Waals surface area contributed by atoms with Gasteiger partial charge in [0.25, 0.3) is 0 Å². The summed E-state index contributed by atoms with van der Waals surface area (Å²) in [5, 5.41) is 0. The third-order valence-electron chi connectivity index (χ3n) is 0. The van der Waals surface area contributed by atoms with Gasteiger partial charge in [-0.1, -0.05) is 0 Å². The fourth-order valence-corrected chi connectivity index (χ4v) is 0. The second-order valence-corrected chi connectivity index (χ2v) is 2.22. The first kappa shape index (κ1) is 31.7. The predicted molar refractivity (Wildman–Crippen MR) is 20.0 cm³/mol. The van der Waals surface area contributed by atoms with Crippen molar-refractivity contribution in [2.75, 3.05) is 12.5 Å². The third kappa shape index (κ3) is 83.4. The molecular formula is C2H6Cl3OSTb. The Kier molecular flexibility index (Phi) is 90.4. The van der Waals surface area contributed by atoms with E-state index in [-0.39, 0.29) is 75.8 Å². The first-order valence-corrected chi connectivity index (χ1v) is 2.95. The predicted octanol–water partition coefficient (Wildman–Crippen LogP) is -8.99. The second-order valence-electron chi connectivity index (χ2n) is 0.742. The molecule has 0 N–H and O–H groups in total. The van der Waals surface area contributed by atoms with Gasteiger partial charge in [-0.05, 0) is 0 Å². The molecule has 56 valence electrons. The minimum atomic E-state index is -0.611. The summed E-state index contributed by atoms with van der Waals surface area (Å²) in [5.74, 6) is 0. The monoisotopic (exact) mass is 342 g/mol. The van der Waals surface area contributed by atoms with Crippen LogP contribution in [-0.2, 0) is 10.8 Å². The van der Waals surface area contributed by atoms with Crippen molar-refractivity contribution in [3.63, 3.8) is 0 Å². The topological polar surface area (TPSA) is 17.1 Å². The van der Waals surface area contributed by atoms with Crippen LogP contribution in [0.4, 0.5) is 0 Å². The number of rotatable bonds is 0. The Hall–Kier alpha value is 2.31. The molecule has 0 spiro atoms. The van der Waals surface area contributed by atoms with Crippen LogP contribution in [0.1, 0.15) is 0 Å². The van der Waals surface area contributed by atoms with Gasteiger partial charge in [-0.3, -0.25) is 4.21 Å². The van der Waals surface area contributed by atoms with Crippen LogP contribution in [0.3, 0.4) is 0 Å². The molecule has 0 saturated heterocycles. The molecule has 0 bridgehead atoms. The van der Waals surface area contributed by atoms with Crippen LogP contribution in [-0.4, -0.2) is 16.7 Å². The Bertz CT molecular complexity index is 40.3. The van der Waals surface area contributed by atoms with Crippen molar-refractivity contribution < 1.29 is 80.0 Å². The molecule has 0 unspecified atom stereocenters. The molecule has 1 nitrogen and oxygen atoms in total. The molecule has 0 fully saturated rings. The molecule has 0 aromatic carbocycles. The maximum absolute atomic E-state index is 9.56. The van der Waals surface area contributed by atoms with Gasteiger partial charge in [0, 0.05) is 23.3 Å². The molecule has 0 aliphatic carbocycles. The van der Waals surface area contributed by atoms with E-state index in [1.807, 2.05) is 0 Å². The SMILES string of the molecule is CS(C)=O.[Cl-].[Cl-].[Cl-].[Tb+3]. The van der Waals surface area contributed by atoms with Gasteiger partial charge in [0.1, 0.15) is 0 Å². The van der Waals surface area contributed by atoms with Crippen molar-refractivity contribution in [3.05, 3.63) is 0 Å². The van der Waals surface area contributed by atoms with Crippen LogP contribution in [0.5, 0.6) is 0 Å². The van der Waals surface area contributed by atoms with Gasteiger partial charge in [0.15, 0.2) is 0 Å². The molecule has 0 aliphatic heterocycles. The summed E-state index contributed by atoms with van der Waals surface area (Å²) in [4.78, 5) is 0. The molecule has 0 radical (unpaired) electrons. The van der Waals surface area contributed by atoms with E-state index in [2.05, 4.69) is 0 Å². The Morgan fingerprint density at radius 3 is 1.00 bits per heavy atom. The molecule has 0 aromatic heterocycles. The van der Waals surface area contributed by atoms with Gasteiger partial charge < -0.3 is 37.2 Å². The van der Waals surface area contributed by atoms with Crippen LogP contribution in [0, 0.1) is 38.6 Å². The van der Waals surface area contributed by atoms with Crippen molar-refractivity contribution in [2.45, 2.75) is 0 Å². The molecule has 0 heterocycles. The zero-order chi connectivity index (χ0) is 3.58. The Morgan fingerprint density at radius 1 is 1.00 bits per heavy atom. The van der Waals surface area contributed by atoms with Crippen molar-refractivity contribution in [1.82, 2.24) is 0 Å². The number of halogens is 3. The van der Waals surface area contributed by atoms with Crippen LogP contribution >= 0.6 is 0 Å². The summed E-state index contributed by atoms with van der Waals surface area (Å²) in [5.41, 5.74) is 0. The van der Waals surface area contributed by atoms with E-state index in [0.29, 0.717) is 0 Å². The van der Waals surface area contributed by atoms with Crippen molar-refractivity contribution in [3.8, 4) is 0 Å². The smallest absolute Gasteiger partial charge is 1.00 e. The Balaban J connectivity index is -0.00000000750. The summed E-state index contributed by atoms with van der Waals surface area (Å²) < 4.78 is 9.56. The van der Waals surface area contributed by atoms with Crippen LogP contribution in [0.15, 0.2) is 0 Å². The normalized spacial score (nSPS) is 4.38. The largest absolute Gasteiger partial charge is 3.00 e. The number of hydrogen-bond acceptors (Lipinski definition) is 1.